The molecule has 0 spiro atoms. The first-order chi connectivity index (χ1) is 11.8. The minimum atomic E-state index is -0.235. The van der Waals surface area contributed by atoms with Crippen LogP contribution in [0.5, 0.6) is 0 Å². The van der Waals surface area contributed by atoms with E-state index in [1.54, 1.807) is 5.51 Å². The third-order valence-corrected chi connectivity index (χ3v) is 4.95. The van der Waals surface area contributed by atoms with Gasteiger partial charge in [0.05, 0.1) is 5.69 Å². The standard InChI is InChI=1S/C16H11N5OS2/c22-14(19-15-20-17-10-23-15)13-12(11-6-2-1-3-7-11)18-16(24-13)21-8-4-5-9-21/h1-10H,(H,19,20,22). The van der Waals surface area contributed by atoms with Crippen molar-refractivity contribution >= 4 is 33.7 Å². The van der Waals surface area contributed by atoms with Gasteiger partial charge in [0, 0.05) is 18.0 Å². The number of aromatic nitrogens is 4. The Hall–Kier alpha value is -2.84. The van der Waals surface area contributed by atoms with Gasteiger partial charge in [-0.2, -0.15) is 0 Å². The second-order valence-corrected chi connectivity index (χ2v) is 6.64. The van der Waals surface area contributed by atoms with Crippen LogP contribution in [0.2, 0.25) is 0 Å². The summed E-state index contributed by atoms with van der Waals surface area (Å²) in [5, 5.41) is 11.6. The minimum Gasteiger partial charge on any atom is -0.300 e. The van der Waals surface area contributed by atoms with E-state index in [1.165, 1.54) is 22.7 Å². The number of hydrogen-bond acceptors (Lipinski definition) is 6. The van der Waals surface area contributed by atoms with Gasteiger partial charge in [-0.05, 0) is 12.1 Å². The molecule has 1 aromatic carbocycles. The van der Waals surface area contributed by atoms with Crippen LogP contribution < -0.4 is 5.32 Å². The number of nitrogens with zero attached hydrogens (tertiary/aromatic N) is 4. The molecule has 4 aromatic rings. The van der Waals surface area contributed by atoms with Crippen molar-refractivity contribution in [3.8, 4) is 16.4 Å². The van der Waals surface area contributed by atoms with Gasteiger partial charge in [0.15, 0.2) is 5.13 Å². The molecule has 1 amide bonds. The molecule has 0 radical (unpaired) electrons. The number of rotatable bonds is 4. The number of amides is 1. The molecule has 0 unspecified atom stereocenters. The van der Waals surface area contributed by atoms with E-state index < -0.39 is 0 Å². The molecule has 0 saturated carbocycles. The molecule has 0 aliphatic rings. The molecule has 4 rings (SSSR count). The highest BCUT2D eigenvalue weighted by Gasteiger charge is 2.21. The molecule has 118 valence electrons. The predicted octanol–water partition coefficient (Wildman–Crippen LogP) is 3.70. The Bertz CT molecular complexity index is 946. The molecule has 8 heteroatoms. The zero-order valence-electron chi connectivity index (χ0n) is 12.3. The van der Waals surface area contributed by atoms with E-state index in [0.717, 1.165) is 10.7 Å². The fraction of sp³-hybridized carbons (Fsp3) is 0. The first kappa shape index (κ1) is 14.7. The van der Waals surface area contributed by atoms with Crippen molar-refractivity contribution in [3.05, 3.63) is 65.2 Å². The van der Waals surface area contributed by atoms with E-state index in [0.29, 0.717) is 15.7 Å². The number of carbonyl (C=O) groups excluding carboxylic acids is 1. The quantitative estimate of drug-likeness (QED) is 0.607. The SMILES string of the molecule is O=C(Nc1nncs1)c1sc(-n2cccc2)nc1-c1ccccc1. The summed E-state index contributed by atoms with van der Waals surface area (Å²) in [6.07, 6.45) is 3.81. The van der Waals surface area contributed by atoms with Crippen LogP contribution in [0.4, 0.5) is 5.13 Å². The summed E-state index contributed by atoms with van der Waals surface area (Å²) in [5.41, 5.74) is 3.13. The normalized spacial score (nSPS) is 10.7. The van der Waals surface area contributed by atoms with E-state index in [4.69, 9.17) is 0 Å². The summed E-state index contributed by atoms with van der Waals surface area (Å²) in [5.74, 6) is -0.235. The summed E-state index contributed by atoms with van der Waals surface area (Å²) < 4.78 is 1.89. The molecule has 3 aromatic heterocycles. The van der Waals surface area contributed by atoms with Gasteiger partial charge in [0.25, 0.3) is 5.91 Å². The van der Waals surface area contributed by atoms with Gasteiger partial charge in [0.2, 0.25) is 5.13 Å². The van der Waals surface area contributed by atoms with Gasteiger partial charge >= 0.3 is 0 Å². The Morgan fingerprint density at radius 2 is 1.88 bits per heavy atom. The molecular formula is C16H11N5OS2. The number of anilines is 1. The lowest BCUT2D eigenvalue weighted by molar-refractivity contribution is 0.103. The maximum atomic E-state index is 12.7. The Balaban J connectivity index is 1.77. The van der Waals surface area contributed by atoms with Gasteiger partial charge in [0.1, 0.15) is 10.4 Å². The van der Waals surface area contributed by atoms with Gasteiger partial charge in [-0.1, -0.05) is 53.0 Å². The van der Waals surface area contributed by atoms with Gasteiger partial charge in [-0.3, -0.25) is 10.1 Å². The fourth-order valence-electron chi connectivity index (χ4n) is 2.21. The molecule has 1 N–H and O–H groups in total. The molecular weight excluding hydrogens is 342 g/mol. The van der Waals surface area contributed by atoms with Crippen molar-refractivity contribution in [2.24, 2.45) is 0 Å². The van der Waals surface area contributed by atoms with E-state index in [2.05, 4.69) is 20.5 Å². The van der Waals surface area contributed by atoms with Crippen molar-refractivity contribution in [2.75, 3.05) is 5.32 Å². The summed E-state index contributed by atoms with van der Waals surface area (Å²) in [6, 6.07) is 13.5. The molecule has 0 aliphatic carbocycles. The summed E-state index contributed by atoms with van der Waals surface area (Å²) in [6.45, 7) is 0. The van der Waals surface area contributed by atoms with Crippen molar-refractivity contribution in [3.63, 3.8) is 0 Å². The third-order valence-electron chi connectivity index (χ3n) is 3.28. The van der Waals surface area contributed by atoms with Gasteiger partial charge in [-0.25, -0.2) is 4.98 Å². The number of thiazole rings is 1. The smallest absolute Gasteiger partial charge is 0.269 e. The van der Waals surface area contributed by atoms with Crippen LogP contribution in [0.1, 0.15) is 9.67 Å². The van der Waals surface area contributed by atoms with Crippen LogP contribution in [0.15, 0.2) is 60.4 Å². The fourth-order valence-corrected chi connectivity index (χ4v) is 3.60. The molecule has 0 aliphatic heterocycles. The van der Waals surface area contributed by atoms with E-state index in [9.17, 15) is 4.79 Å². The maximum Gasteiger partial charge on any atom is 0.269 e. The van der Waals surface area contributed by atoms with Crippen molar-refractivity contribution < 1.29 is 4.79 Å². The van der Waals surface area contributed by atoms with Crippen LogP contribution in [0.25, 0.3) is 16.4 Å². The Labute approximate surface area is 145 Å². The average molecular weight is 353 g/mol. The number of nitrogens with one attached hydrogen (secondary N) is 1. The van der Waals surface area contributed by atoms with Crippen molar-refractivity contribution in [1.29, 1.82) is 0 Å². The second kappa shape index (κ2) is 6.34. The number of benzene rings is 1. The molecule has 0 saturated heterocycles. The van der Waals surface area contributed by atoms with Gasteiger partial charge in [-0.15, -0.1) is 10.2 Å². The maximum absolute atomic E-state index is 12.7. The average Bonchev–Trinajstić information content (AvgIpc) is 3.36. The largest absolute Gasteiger partial charge is 0.300 e. The second-order valence-electron chi connectivity index (χ2n) is 4.83. The minimum absolute atomic E-state index is 0.235. The Kier molecular flexibility index (Phi) is 3.89. The molecule has 0 fully saturated rings. The highest BCUT2D eigenvalue weighted by atomic mass is 32.1. The van der Waals surface area contributed by atoms with E-state index in [-0.39, 0.29) is 5.91 Å². The highest BCUT2D eigenvalue weighted by Crippen LogP contribution is 2.31. The highest BCUT2D eigenvalue weighted by molar-refractivity contribution is 7.17. The first-order valence-electron chi connectivity index (χ1n) is 7.08. The molecule has 0 atom stereocenters. The first-order valence-corrected chi connectivity index (χ1v) is 8.78. The van der Waals surface area contributed by atoms with Crippen molar-refractivity contribution in [1.82, 2.24) is 19.7 Å². The lowest BCUT2D eigenvalue weighted by Crippen LogP contribution is -2.11. The van der Waals surface area contributed by atoms with E-state index >= 15 is 0 Å². The molecule has 6 nitrogen and oxygen atoms in total. The zero-order chi connectivity index (χ0) is 16.4. The molecule has 24 heavy (non-hydrogen) atoms. The molecule has 0 bridgehead atoms. The number of hydrogen-bond donors (Lipinski definition) is 1. The topological polar surface area (TPSA) is 72.7 Å². The Morgan fingerprint density at radius 1 is 1.08 bits per heavy atom. The lowest BCUT2D eigenvalue weighted by Gasteiger charge is -2.01. The van der Waals surface area contributed by atoms with Crippen LogP contribution >= 0.6 is 22.7 Å². The van der Waals surface area contributed by atoms with Crippen LogP contribution in [-0.4, -0.2) is 25.7 Å². The van der Waals surface area contributed by atoms with Gasteiger partial charge < -0.3 is 4.57 Å². The summed E-state index contributed by atoms with van der Waals surface area (Å²) in [7, 11) is 0. The summed E-state index contributed by atoms with van der Waals surface area (Å²) >= 11 is 2.62. The summed E-state index contributed by atoms with van der Waals surface area (Å²) in [4.78, 5) is 17.9. The van der Waals surface area contributed by atoms with Crippen LogP contribution in [0.3, 0.4) is 0 Å². The Morgan fingerprint density at radius 3 is 2.58 bits per heavy atom. The lowest BCUT2D eigenvalue weighted by atomic mass is 10.1. The third kappa shape index (κ3) is 2.84. The van der Waals surface area contributed by atoms with Crippen LogP contribution in [0, 0.1) is 0 Å². The zero-order valence-corrected chi connectivity index (χ0v) is 13.9. The molecule has 3 heterocycles. The van der Waals surface area contributed by atoms with E-state index in [1.807, 2.05) is 59.4 Å². The van der Waals surface area contributed by atoms with Crippen molar-refractivity contribution in [2.45, 2.75) is 0 Å². The number of carbonyl (C=O) groups is 1. The monoisotopic (exact) mass is 353 g/mol. The predicted molar refractivity (Wildman–Crippen MR) is 94.7 cm³/mol. The van der Waals surface area contributed by atoms with Crippen LogP contribution in [-0.2, 0) is 0 Å².